The van der Waals surface area contributed by atoms with E-state index in [1.54, 1.807) is 12.1 Å². The van der Waals surface area contributed by atoms with Gasteiger partial charge in [-0.1, -0.05) is 61.5 Å². The van der Waals surface area contributed by atoms with Gasteiger partial charge in [-0.25, -0.2) is 0 Å². The predicted molar refractivity (Wildman–Crippen MR) is 214 cm³/mol. The summed E-state index contributed by atoms with van der Waals surface area (Å²) in [5, 5.41) is 12.1. The van der Waals surface area contributed by atoms with Crippen LogP contribution in [-0.4, -0.2) is 90.2 Å². The van der Waals surface area contributed by atoms with E-state index in [2.05, 4.69) is 41.4 Å². The second-order valence-corrected chi connectivity index (χ2v) is 14.2. The number of benzene rings is 4. The average molecular weight is 746 g/mol. The van der Waals surface area contributed by atoms with Crippen LogP contribution in [0.15, 0.2) is 97.1 Å². The summed E-state index contributed by atoms with van der Waals surface area (Å²) in [7, 11) is 0. The molecular weight excluding hydrogens is 691 g/mol. The lowest BCUT2D eigenvalue weighted by atomic mass is 9.88. The summed E-state index contributed by atoms with van der Waals surface area (Å²) in [6.07, 6.45) is 1.57. The van der Waals surface area contributed by atoms with Crippen LogP contribution in [0.1, 0.15) is 87.4 Å². The molecule has 3 fully saturated rings. The van der Waals surface area contributed by atoms with Gasteiger partial charge in [0.05, 0.1) is 16.6 Å². The number of hydrogen-bond acceptors (Lipinski definition) is 8. The smallest absolute Gasteiger partial charge is 0.262 e. The van der Waals surface area contributed by atoms with Crippen molar-refractivity contribution in [2.24, 2.45) is 5.92 Å². The summed E-state index contributed by atoms with van der Waals surface area (Å²) in [6.45, 7) is -9.71. The number of nitrogens with one attached hydrogen (secondary N) is 1. The van der Waals surface area contributed by atoms with Gasteiger partial charge in [-0.05, 0) is 102 Å². The van der Waals surface area contributed by atoms with E-state index >= 15 is 0 Å². The van der Waals surface area contributed by atoms with E-state index in [1.807, 2.05) is 42.5 Å². The third kappa shape index (κ3) is 7.38. The van der Waals surface area contributed by atoms with E-state index in [-0.39, 0.29) is 47.9 Å². The van der Waals surface area contributed by atoms with Gasteiger partial charge in [-0.15, -0.1) is 0 Å². The summed E-state index contributed by atoms with van der Waals surface area (Å²) in [5.74, 6) is -3.27. The number of nitrogens with zero attached hydrogens (tertiary/aromatic N) is 4. The fourth-order valence-electron chi connectivity index (χ4n) is 7.87. The molecule has 10 nitrogen and oxygen atoms in total. The lowest BCUT2D eigenvalue weighted by molar-refractivity contribution is -0.136. The van der Waals surface area contributed by atoms with Gasteiger partial charge < -0.3 is 14.9 Å². The van der Waals surface area contributed by atoms with E-state index in [0.29, 0.717) is 40.6 Å². The standard InChI is InChI=1S/C45H47N5O5/c1-2-37(31-6-4-3-5-7-31)42(33-10-15-36(51)16-11-33)32-8-12-34(13-9-32)48-22-20-30(21-23-48)29-47-24-26-49(27-25-47)35-14-17-38-39(28-35)45(55)50(44(38)54)40-18-19-41(52)46-43(40)53/h3-17,28,30,40,51H,2,18-27,29H2,1H3,(H,46,52,53)/i24D2,25D2,26D2,27D2. The maximum atomic E-state index is 13.6. The van der Waals surface area contributed by atoms with Gasteiger partial charge in [0, 0.05) is 68.9 Å². The molecule has 0 radical (unpaired) electrons. The topological polar surface area (TPSA) is 114 Å². The van der Waals surface area contributed by atoms with Crippen molar-refractivity contribution in [1.82, 2.24) is 15.1 Å². The molecule has 4 aliphatic heterocycles. The summed E-state index contributed by atoms with van der Waals surface area (Å²) >= 11 is 0. The molecule has 4 aromatic rings. The van der Waals surface area contributed by atoms with Crippen molar-refractivity contribution in [2.45, 2.75) is 45.1 Å². The third-order valence-corrected chi connectivity index (χ3v) is 10.8. The Kier molecular flexibility index (Phi) is 7.85. The van der Waals surface area contributed by atoms with E-state index in [4.69, 9.17) is 11.0 Å². The molecule has 2 N–H and O–H groups in total. The monoisotopic (exact) mass is 745 g/mol. The molecule has 282 valence electrons. The Morgan fingerprint density at radius 3 is 2.02 bits per heavy atom. The molecule has 0 saturated carbocycles. The third-order valence-electron chi connectivity index (χ3n) is 10.8. The van der Waals surface area contributed by atoms with Gasteiger partial charge in [-0.2, -0.15) is 0 Å². The van der Waals surface area contributed by atoms with E-state index in [0.717, 1.165) is 58.1 Å². The molecule has 0 bridgehead atoms. The largest absolute Gasteiger partial charge is 0.508 e. The highest BCUT2D eigenvalue weighted by Gasteiger charge is 2.44. The molecular formula is C45H47N5O5. The number of phenolic OH excluding ortho intramolecular Hbond substituents is 1. The second kappa shape index (κ2) is 15.5. The molecule has 0 aliphatic carbocycles. The first-order valence-electron chi connectivity index (χ1n) is 22.7. The number of fused-ring (bicyclic) bond motifs is 1. The number of piperidine rings is 2. The first-order valence-corrected chi connectivity index (χ1v) is 18.7. The van der Waals surface area contributed by atoms with Gasteiger partial charge in [-0.3, -0.25) is 34.3 Å². The molecule has 1 unspecified atom stereocenters. The number of amides is 4. The minimum atomic E-state index is -3.21. The highest BCUT2D eigenvalue weighted by atomic mass is 16.3. The second-order valence-electron chi connectivity index (χ2n) is 14.2. The van der Waals surface area contributed by atoms with Crippen molar-refractivity contribution in [1.29, 1.82) is 0 Å². The van der Waals surface area contributed by atoms with E-state index in [1.165, 1.54) is 0 Å². The van der Waals surface area contributed by atoms with Gasteiger partial charge >= 0.3 is 0 Å². The molecule has 0 spiro atoms. The highest BCUT2D eigenvalue weighted by Crippen LogP contribution is 2.37. The minimum absolute atomic E-state index is 0.0976. The fraction of sp³-hybridized carbons (Fsp3) is 0.333. The number of allylic oxidation sites excluding steroid dienone is 1. The van der Waals surface area contributed by atoms with Crippen LogP contribution < -0.4 is 15.1 Å². The maximum absolute atomic E-state index is 13.6. The quantitative estimate of drug-likeness (QED) is 0.154. The zero-order valence-corrected chi connectivity index (χ0v) is 30.4. The number of aromatic hydroxyl groups is 1. The normalized spacial score (nSPS) is 25.9. The van der Waals surface area contributed by atoms with Gasteiger partial charge in [0.25, 0.3) is 11.8 Å². The Labute approximate surface area is 333 Å². The van der Waals surface area contributed by atoms with Crippen LogP contribution in [0.5, 0.6) is 5.75 Å². The molecule has 3 saturated heterocycles. The minimum Gasteiger partial charge on any atom is -0.508 e. The van der Waals surface area contributed by atoms with Crippen molar-refractivity contribution < 1.29 is 35.3 Å². The highest BCUT2D eigenvalue weighted by molar-refractivity contribution is 6.23. The summed E-state index contributed by atoms with van der Waals surface area (Å²) in [4.78, 5) is 55.1. The Morgan fingerprint density at radius 1 is 0.727 bits per heavy atom. The van der Waals surface area contributed by atoms with Crippen LogP contribution in [0.4, 0.5) is 11.4 Å². The summed E-state index contributed by atoms with van der Waals surface area (Å²) in [6, 6.07) is 27.6. The molecule has 1 atom stereocenters. The van der Waals surface area contributed by atoms with Crippen LogP contribution in [-0.2, 0) is 9.59 Å². The number of carbonyl (C=O) groups excluding carboxylic acids is 4. The Morgan fingerprint density at radius 2 is 1.36 bits per heavy atom. The number of anilines is 2. The zero-order chi connectivity index (χ0) is 45.2. The van der Waals surface area contributed by atoms with E-state index < -0.39 is 55.7 Å². The van der Waals surface area contributed by atoms with Gasteiger partial charge in [0.15, 0.2) is 0 Å². The van der Waals surface area contributed by atoms with Crippen molar-refractivity contribution in [3.8, 4) is 5.75 Å². The number of hydrogen-bond donors (Lipinski definition) is 2. The molecule has 4 aliphatic rings. The van der Waals surface area contributed by atoms with Crippen molar-refractivity contribution >= 4 is 46.1 Å². The van der Waals surface area contributed by atoms with Gasteiger partial charge in [0.2, 0.25) is 11.8 Å². The number of rotatable bonds is 9. The number of carbonyl (C=O) groups is 4. The maximum Gasteiger partial charge on any atom is 0.262 e. The van der Waals surface area contributed by atoms with Crippen molar-refractivity contribution in [2.75, 3.05) is 55.4 Å². The SMILES string of the molecule is [2H]C1([2H])N(CC2CCN(c3ccc(C(=C(CC)c4ccccc4)c4ccc(O)cc4)cc3)CC2)C([2H])([2H])C([2H])([2H])N(c2ccc3c(c2)C(=O)N(C2CCC(=O)NC2=O)C3=O)C1([2H])[2H]. The van der Waals surface area contributed by atoms with Crippen LogP contribution in [0, 0.1) is 5.92 Å². The zero-order valence-electron chi connectivity index (χ0n) is 38.4. The van der Waals surface area contributed by atoms with Crippen LogP contribution >= 0.6 is 0 Å². The Bertz CT molecular complexity index is 2470. The van der Waals surface area contributed by atoms with Crippen LogP contribution in [0.3, 0.4) is 0 Å². The number of piperazine rings is 1. The van der Waals surface area contributed by atoms with Gasteiger partial charge in [0.1, 0.15) is 11.8 Å². The molecule has 0 aromatic heterocycles. The first kappa shape index (κ1) is 27.8. The van der Waals surface area contributed by atoms with Crippen LogP contribution in [0.2, 0.25) is 0 Å². The van der Waals surface area contributed by atoms with E-state index in [9.17, 15) is 24.3 Å². The molecule has 55 heavy (non-hydrogen) atoms. The Balaban J connectivity index is 0.994. The lowest BCUT2D eigenvalue weighted by Crippen LogP contribution is -2.54. The van der Waals surface area contributed by atoms with Crippen LogP contribution in [0.25, 0.3) is 11.1 Å². The average Bonchev–Trinajstić information content (AvgIpc) is 3.49. The first-order chi connectivity index (χ1) is 29.8. The molecule has 8 rings (SSSR count). The fourth-order valence-corrected chi connectivity index (χ4v) is 7.87. The lowest BCUT2D eigenvalue weighted by Gasteiger charge is -2.40. The molecule has 10 heteroatoms. The summed E-state index contributed by atoms with van der Waals surface area (Å²) < 4.78 is 72.7. The Hall–Kier alpha value is -5.74. The molecule has 4 aromatic carbocycles. The van der Waals surface area contributed by atoms with Crippen molar-refractivity contribution in [3.05, 3.63) is 125 Å². The molecule has 4 amide bonds. The number of phenols is 1. The van der Waals surface area contributed by atoms with Crippen molar-refractivity contribution in [3.63, 3.8) is 0 Å². The molecule has 4 heterocycles. The summed E-state index contributed by atoms with van der Waals surface area (Å²) in [5.41, 5.74) is 5.42. The predicted octanol–water partition coefficient (Wildman–Crippen LogP) is 6.20. The number of imide groups is 2.